The predicted molar refractivity (Wildman–Crippen MR) is 70.9 cm³/mol. The van der Waals surface area contributed by atoms with Crippen LogP contribution in [0.1, 0.15) is 27.2 Å². The van der Waals surface area contributed by atoms with E-state index in [1.165, 1.54) is 17.7 Å². The molecule has 1 amide bonds. The minimum absolute atomic E-state index is 0.0613. The van der Waals surface area contributed by atoms with Crippen LogP contribution in [0.25, 0.3) is 0 Å². The van der Waals surface area contributed by atoms with E-state index in [-0.39, 0.29) is 23.7 Å². The molecule has 0 saturated carbocycles. The SMILES string of the molecule is CC=C(C)C1C(CC)C(=O)N1c1ccc(F)cc1. The van der Waals surface area contributed by atoms with Gasteiger partial charge in [0, 0.05) is 5.69 Å². The molecule has 2 nitrogen and oxygen atoms in total. The molecule has 2 rings (SSSR count). The maximum atomic E-state index is 12.9. The number of anilines is 1. The highest BCUT2D eigenvalue weighted by Gasteiger charge is 2.47. The second-order valence-electron chi connectivity index (χ2n) is 4.68. The van der Waals surface area contributed by atoms with Crippen molar-refractivity contribution in [3.05, 3.63) is 41.7 Å². The monoisotopic (exact) mass is 247 g/mol. The molecule has 0 radical (unpaired) electrons. The third kappa shape index (κ3) is 1.94. The summed E-state index contributed by atoms with van der Waals surface area (Å²) < 4.78 is 12.9. The molecule has 1 heterocycles. The van der Waals surface area contributed by atoms with Gasteiger partial charge in [0.15, 0.2) is 0 Å². The van der Waals surface area contributed by atoms with Gasteiger partial charge in [-0.2, -0.15) is 0 Å². The van der Waals surface area contributed by atoms with Crippen LogP contribution in [0.15, 0.2) is 35.9 Å². The molecule has 1 aliphatic heterocycles. The summed E-state index contributed by atoms with van der Waals surface area (Å²) >= 11 is 0. The molecule has 0 bridgehead atoms. The van der Waals surface area contributed by atoms with E-state index in [0.29, 0.717) is 0 Å². The van der Waals surface area contributed by atoms with Crippen molar-refractivity contribution < 1.29 is 9.18 Å². The first-order valence-electron chi connectivity index (χ1n) is 6.31. The van der Waals surface area contributed by atoms with Crippen LogP contribution in [0, 0.1) is 11.7 Å². The van der Waals surface area contributed by atoms with Crippen LogP contribution in [0.2, 0.25) is 0 Å². The Morgan fingerprint density at radius 1 is 1.39 bits per heavy atom. The third-order valence-corrected chi connectivity index (χ3v) is 3.68. The first-order chi connectivity index (χ1) is 8.60. The summed E-state index contributed by atoms with van der Waals surface area (Å²) in [7, 11) is 0. The second-order valence-corrected chi connectivity index (χ2v) is 4.68. The van der Waals surface area contributed by atoms with Crippen LogP contribution in [0.5, 0.6) is 0 Å². The largest absolute Gasteiger partial charge is 0.304 e. The third-order valence-electron chi connectivity index (χ3n) is 3.68. The average Bonchev–Trinajstić information content (AvgIpc) is 2.38. The van der Waals surface area contributed by atoms with Gasteiger partial charge in [-0.15, -0.1) is 0 Å². The number of halogens is 1. The van der Waals surface area contributed by atoms with Crippen LogP contribution in [0.4, 0.5) is 10.1 Å². The molecule has 1 aliphatic rings. The molecule has 1 saturated heterocycles. The minimum atomic E-state index is -0.280. The van der Waals surface area contributed by atoms with Crippen molar-refractivity contribution in [1.82, 2.24) is 0 Å². The fraction of sp³-hybridized carbons (Fsp3) is 0.400. The summed E-state index contributed by atoms with van der Waals surface area (Å²) in [5.74, 6) is -0.0837. The summed E-state index contributed by atoms with van der Waals surface area (Å²) in [6.45, 7) is 6.05. The Hall–Kier alpha value is -1.64. The number of carbonyl (C=O) groups is 1. The molecule has 3 heteroatoms. The summed E-state index contributed by atoms with van der Waals surface area (Å²) in [5.41, 5.74) is 1.96. The maximum absolute atomic E-state index is 12.9. The molecule has 1 aromatic carbocycles. The van der Waals surface area contributed by atoms with Crippen molar-refractivity contribution in [2.45, 2.75) is 33.2 Å². The number of nitrogens with zero attached hydrogens (tertiary/aromatic N) is 1. The van der Waals surface area contributed by atoms with Crippen molar-refractivity contribution in [2.75, 3.05) is 4.90 Å². The quantitative estimate of drug-likeness (QED) is 0.591. The Bertz CT molecular complexity index is 478. The van der Waals surface area contributed by atoms with Crippen molar-refractivity contribution in [3.8, 4) is 0 Å². The van der Waals surface area contributed by atoms with E-state index in [1.54, 1.807) is 17.0 Å². The lowest BCUT2D eigenvalue weighted by Crippen LogP contribution is -2.61. The molecule has 0 spiro atoms. The summed E-state index contributed by atoms with van der Waals surface area (Å²) in [5, 5.41) is 0. The maximum Gasteiger partial charge on any atom is 0.233 e. The molecule has 1 fully saturated rings. The number of rotatable bonds is 3. The number of β-lactam (4-membered cyclic amide) rings is 1. The summed E-state index contributed by atoms with van der Waals surface area (Å²) in [6, 6.07) is 6.23. The topological polar surface area (TPSA) is 20.3 Å². The number of amides is 1. The van der Waals surface area contributed by atoms with E-state index in [4.69, 9.17) is 0 Å². The molecule has 96 valence electrons. The van der Waals surface area contributed by atoms with Crippen LogP contribution >= 0.6 is 0 Å². The molecule has 0 N–H and O–H groups in total. The summed E-state index contributed by atoms with van der Waals surface area (Å²) in [6.07, 6.45) is 2.88. The first-order valence-corrected chi connectivity index (χ1v) is 6.31. The zero-order chi connectivity index (χ0) is 13.3. The number of carbonyl (C=O) groups excluding carboxylic acids is 1. The highest BCUT2D eigenvalue weighted by molar-refractivity contribution is 6.03. The molecule has 0 aliphatic carbocycles. The van der Waals surface area contributed by atoms with E-state index < -0.39 is 0 Å². The fourth-order valence-electron chi connectivity index (χ4n) is 2.53. The van der Waals surface area contributed by atoms with Gasteiger partial charge in [0.1, 0.15) is 5.82 Å². The first kappa shape index (κ1) is 12.8. The summed E-state index contributed by atoms with van der Waals surface area (Å²) in [4.78, 5) is 13.9. The normalized spacial score (nSPS) is 24.1. The molecule has 18 heavy (non-hydrogen) atoms. The Labute approximate surface area is 107 Å². The van der Waals surface area contributed by atoms with Crippen molar-refractivity contribution in [3.63, 3.8) is 0 Å². The lowest BCUT2D eigenvalue weighted by Gasteiger charge is -2.47. The van der Waals surface area contributed by atoms with E-state index in [2.05, 4.69) is 0 Å². The predicted octanol–water partition coefficient (Wildman–Crippen LogP) is 3.53. The highest BCUT2D eigenvalue weighted by Crippen LogP contribution is 2.38. The Morgan fingerprint density at radius 2 is 2.00 bits per heavy atom. The van der Waals surface area contributed by atoms with Gasteiger partial charge in [-0.3, -0.25) is 4.79 Å². The number of allylic oxidation sites excluding steroid dienone is 1. The number of hydrogen-bond acceptors (Lipinski definition) is 1. The molecule has 2 unspecified atom stereocenters. The van der Waals surface area contributed by atoms with Gasteiger partial charge < -0.3 is 4.90 Å². The Morgan fingerprint density at radius 3 is 2.50 bits per heavy atom. The van der Waals surface area contributed by atoms with E-state index >= 15 is 0 Å². The zero-order valence-corrected chi connectivity index (χ0v) is 11.0. The van der Waals surface area contributed by atoms with Gasteiger partial charge >= 0.3 is 0 Å². The van der Waals surface area contributed by atoms with E-state index in [0.717, 1.165) is 12.1 Å². The van der Waals surface area contributed by atoms with Gasteiger partial charge in [-0.05, 0) is 44.5 Å². The molecule has 0 aromatic heterocycles. The van der Waals surface area contributed by atoms with Crippen molar-refractivity contribution in [2.24, 2.45) is 5.92 Å². The van der Waals surface area contributed by atoms with Gasteiger partial charge in [-0.25, -0.2) is 4.39 Å². The average molecular weight is 247 g/mol. The second kappa shape index (κ2) is 4.92. The Kier molecular flexibility index (Phi) is 3.50. The molecular weight excluding hydrogens is 229 g/mol. The van der Waals surface area contributed by atoms with Crippen molar-refractivity contribution in [1.29, 1.82) is 0 Å². The highest BCUT2D eigenvalue weighted by atomic mass is 19.1. The van der Waals surface area contributed by atoms with Gasteiger partial charge in [-0.1, -0.05) is 18.6 Å². The molecule has 2 atom stereocenters. The van der Waals surface area contributed by atoms with Crippen molar-refractivity contribution >= 4 is 11.6 Å². The van der Waals surface area contributed by atoms with Crippen LogP contribution < -0.4 is 4.90 Å². The molecular formula is C15H18FNO. The fourth-order valence-corrected chi connectivity index (χ4v) is 2.53. The van der Waals surface area contributed by atoms with Crippen LogP contribution in [-0.2, 0) is 4.79 Å². The number of benzene rings is 1. The minimum Gasteiger partial charge on any atom is -0.304 e. The van der Waals surface area contributed by atoms with E-state index in [9.17, 15) is 9.18 Å². The van der Waals surface area contributed by atoms with Gasteiger partial charge in [0.2, 0.25) is 5.91 Å². The van der Waals surface area contributed by atoms with Crippen LogP contribution in [-0.4, -0.2) is 11.9 Å². The number of hydrogen-bond donors (Lipinski definition) is 0. The zero-order valence-electron chi connectivity index (χ0n) is 11.0. The van der Waals surface area contributed by atoms with E-state index in [1.807, 2.05) is 26.8 Å². The smallest absolute Gasteiger partial charge is 0.233 e. The van der Waals surface area contributed by atoms with Gasteiger partial charge in [0.25, 0.3) is 0 Å². The lowest BCUT2D eigenvalue weighted by molar-refractivity contribution is -0.129. The van der Waals surface area contributed by atoms with Gasteiger partial charge in [0.05, 0.1) is 12.0 Å². The van der Waals surface area contributed by atoms with Crippen LogP contribution in [0.3, 0.4) is 0 Å². The molecule has 1 aromatic rings. The standard InChI is InChI=1S/C15H18FNO/c1-4-10(3)14-13(5-2)15(18)17(14)12-8-6-11(16)7-9-12/h4,6-9,13-14H,5H2,1-3H3. The lowest BCUT2D eigenvalue weighted by atomic mass is 9.80. The Balaban J connectivity index is 2.32.